The minimum absolute atomic E-state index is 0.137. The molecule has 2 rings (SSSR count). The second-order valence-corrected chi connectivity index (χ2v) is 5.13. The molecule has 0 spiro atoms. The summed E-state index contributed by atoms with van der Waals surface area (Å²) in [6.07, 6.45) is -0.610. The lowest BCUT2D eigenvalue weighted by Gasteiger charge is -2.26. The summed E-state index contributed by atoms with van der Waals surface area (Å²) in [5, 5.41) is 3.10. The van der Waals surface area contributed by atoms with Crippen LogP contribution in [0.5, 0.6) is 0 Å². The zero-order valence-electron chi connectivity index (χ0n) is 11.3. The third-order valence-corrected chi connectivity index (χ3v) is 3.57. The van der Waals surface area contributed by atoms with Crippen LogP contribution in [0.1, 0.15) is 24.8 Å². The Morgan fingerprint density at radius 2 is 1.85 bits per heavy atom. The van der Waals surface area contributed by atoms with E-state index >= 15 is 0 Å². The van der Waals surface area contributed by atoms with Gasteiger partial charge in [-0.05, 0) is 44.1 Å². The Hall–Kier alpha value is -1.43. The molecule has 20 heavy (non-hydrogen) atoms. The molecule has 1 aromatic rings. The van der Waals surface area contributed by atoms with Gasteiger partial charge in [-0.15, -0.1) is 0 Å². The molecule has 0 atom stereocenters. The fourth-order valence-electron chi connectivity index (χ4n) is 2.43. The molecule has 0 unspecified atom stereocenters. The summed E-state index contributed by atoms with van der Waals surface area (Å²) in [6, 6.07) is 3.43. The first-order valence-corrected chi connectivity index (χ1v) is 6.90. The molecule has 1 aromatic carbocycles. The van der Waals surface area contributed by atoms with Crippen LogP contribution in [0, 0.1) is 0 Å². The largest absolute Gasteiger partial charge is 0.416 e. The van der Waals surface area contributed by atoms with Gasteiger partial charge in [0.1, 0.15) is 0 Å². The molecule has 0 bridgehead atoms. The van der Waals surface area contributed by atoms with Crippen LogP contribution >= 0.6 is 0 Å². The maximum atomic E-state index is 12.5. The van der Waals surface area contributed by atoms with E-state index in [1.807, 2.05) is 0 Å². The molecule has 0 saturated carbocycles. The minimum atomic E-state index is -4.35. The van der Waals surface area contributed by atoms with E-state index in [0.29, 0.717) is 12.2 Å². The van der Waals surface area contributed by atoms with Crippen molar-refractivity contribution in [3.05, 3.63) is 23.8 Å². The molecule has 1 aliphatic heterocycles. The zero-order chi connectivity index (χ0) is 14.6. The summed E-state index contributed by atoms with van der Waals surface area (Å²) in [5.74, 6) is 0. The first-order chi connectivity index (χ1) is 9.47. The van der Waals surface area contributed by atoms with Gasteiger partial charge >= 0.3 is 6.18 Å². The van der Waals surface area contributed by atoms with E-state index in [1.54, 1.807) is 0 Å². The molecule has 1 fully saturated rings. The average Bonchev–Trinajstić information content (AvgIpc) is 2.40. The summed E-state index contributed by atoms with van der Waals surface area (Å²) >= 11 is 0. The molecule has 3 N–H and O–H groups in total. The highest BCUT2D eigenvalue weighted by Gasteiger charge is 2.30. The summed E-state index contributed by atoms with van der Waals surface area (Å²) in [5.41, 5.74) is 5.65. The van der Waals surface area contributed by atoms with E-state index in [9.17, 15) is 13.2 Å². The van der Waals surface area contributed by atoms with Gasteiger partial charge in [-0.3, -0.25) is 0 Å². The van der Waals surface area contributed by atoms with Crippen LogP contribution in [0.25, 0.3) is 0 Å². The Balaban J connectivity index is 1.86. The number of alkyl halides is 3. The number of nitrogens with one attached hydrogen (secondary N) is 1. The van der Waals surface area contributed by atoms with Gasteiger partial charge in [0.15, 0.2) is 0 Å². The fraction of sp³-hybridized carbons (Fsp3) is 0.571. The van der Waals surface area contributed by atoms with Crippen molar-refractivity contribution in [1.29, 1.82) is 0 Å². The van der Waals surface area contributed by atoms with Gasteiger partial charge in [0.2, 0.25) is 0 Å². The van der Waals surface area contributed by atoms with Crippen molar-refractivity contribution in [3.8, 4) is 0 Å². The highest BCUT2D eigenvalue weighted by Crippen LogP contribution is 2.32. The van der Waals surface area contributed by atoms with Crippen molar-refractivity contribution in [3.63, 3.8) is 0 Å². The van der Waals surface area contributed by atoms with Gasteiger partial charge < -0.3 is 16.0 Å². The number of hydrogen-bond acceptors (Lipinski definition) is 3. The number of nitrogens with two attached hydrogens (primary N) is 1. The van der Waals surface area contributed by atoms with E-state index in [1.165, 1.54) is 25.3 Å². The first-order valence-electron chi connectivity index (χ1n) is 6.90. The highest BCUT2D eigenvalue weighted by atomic mass is 19.4. The Morgan fingerprint density at radius 3 is 2.45 bits per heavy atom. The second-order valence-electron chi connectivity index (χ2n) is 5.13. The molecule has 6 heteroatoms. The fourth-order valence-corrected chi connectivity index (χ4v) is 2.43. The summed E-state index contributed by atoms with van der Waals surface area (Å²) in [4.78, 5) is 2.36. The number of halogens is 3. The molecule has 0 amide bonds. The monoisotopic (exact) mass is 287 g/mol. The Bertz CT molecular complexity index is 440. The molecule has 1 heterocycles. The number of likely N-dealkylation sites (tertiary alicyclic amines) is 1. The van der Waals surface area contributed by atoms with E-state index in [0.717, 1.165) is 31.8 Å². The van der Waals surface area contributed by atoms with E-state index < -0.39 is 11.7 Å². The van der Waals surface area contributed by atoms with Gasteiger partial charge in [0.05, 0.1) is 16.9 Å². The van der Waals surface area contributed by atoms with Crippen LogP contribution in [0.2, 0.25) is 0 Å². The Labute approximate surface area is 116 Å². The maximum Gasteiger partial charge on any atom is 0.416 e. The Morgan fingerprint density at radius 1 is 1.15 bits per heavy atom. The Kier molecular flexibility index (Phi) is 4.75. The lowest BCUT2D eigenvalue weighted by Crippen LogP contribution is -2.33. The normalized spacial score (nSPS) is 17.1. The topological polar surface area (TPSA) is 41.3 Å². The quantitative estimate of drug-likeness (QED) is 0.836. The summed E-state index contributed by atoms with van der Waals surface area (Å²) in [6.45, 7) is 3.78. The van der Waals surface area contributed by atoms with E-state index in [2.05, 4.69) is 10.2 Å². The van der Waals surface area contributed by atoms with Crippen LogP contribution in [-0.2, 0) is 6.18 Å². The maximum absolute atomic E-state index is 12.5. The number of nitrogens with zero attached hydrogens (tertiary/aromatic N) is 1. The van der Waals surface area contributed by atoms with E-state index in [4.69, 9.17) is 5.73 Å². The van der Waals surface area contributed by atoms with Gasteiger partial charge in [-0.2, -0.15) is 13.2 Å². The number of rotatable bonds is 4. The summed E-state index contributed by atoms with van der Waals surface area (Å²) < 4.78 is 37.5. The molecule has 0 aliphatic carbocycles. The number of piperidine rings is 1. The smallest absolute Gasteiger partial charge is 0.397 e. The van der Waals surface area contributed by atoms with Crippen molar-refractivity contribution in [2.45, 2.75) is 25.4 Å². The average molecular weight is 287 g/mol. The van der Waals surface area contributed by atoms with Crippen molar-refractivity contribution >= 4 is 11.4 Å². The van der Waals surface area contributed by atoms with Crippen molar-refractivity contribution < 1.29 is 13.2 Å². The van der Waals surface area contributed by atoms with Crippen LogP contribution in [0.4, 0.5) is 24.5 Å². The molecule has 0 aromatic heterocycles. The molecular formula is C14H20F3N3. The van der Waals surface area contributed by atoms with Crippen LogP contribution < -0.4 is 11.1 Å². The minimum Gasteiger partial charge on any atom is -0.397 e. The van der Waals surface area contributed by atoms with Gasteiger partial charge in [-0.25, -0.2) is 0 Å². The molecule has 1 aliphatic rings. The zero-order valence-corrected chi connectivity index (χ0v) is 11.3. The van der Waals surface area contributed by atoms with Crippen LogP contribution in [-0.4, -0.2) is 31.1 Å². The molecular weight excluding hydrogens is 267 g/mol. The summed E-state index contributed by atoms with van der Waals surface area (Å²) in [7, 11) is 0. The predicted octanol–water partition coefficient (Wildman–Crippen LogP) is 3.19. The molecule has 1 saturated heterocycles. The number of anilines is 2. The van der Waals surface area contributed by atoms with Gasteiger partial charge in [0, 0.05) is 13.1 Å². The third kappa shape index (κ3) is 4.03. The van der Waals surface area contributed by atoms with Crippen molar-refractivity contribution in [2.75, 3.05) is 37.2 Å². The standard InChI is InChI=1S/C14H20F3N3/c15-14(16,17)11-4-5-13(12(18)10-11)19-6-9-20-7-2-1-3-8-20/h4-5,10,19H,1-3,6-9,18H2. The lowest BCUT2D eigenvalue weighted by atomic mass is 10.1. The second kappa shape index (κ2) is 6.35. The third-order valence-electron chi connectivity index (χ3n) is 3.57. The van der Waals surface area contributed by atoms with Gasteiger partial charge in [0.25, 0.3) is 0 Å². The number of nitrogen functional groups attached to an aromatic ring is 1. The molecule has 3 nitrogen and oxygen atoms in total. The van der Waals surface area contributed by atoms with Gasteiger partial charge in [-0.1, -0.05) is 6.42 Å². The lowest BCUT2D eigenvalue weighted by molar-refractivity contribution is -0.137. The van der Waals surface area contributed by atoms with Crippen molar-refractivity contribution in [1.82, 2.24) is 4.90 Å². The van der Waals surface area contributed by atoms with Crippen LogP contribution in [0.3, 0.4) is 0 Å². The number of hydrogen-bond donors (Lipinski definition) is 2. The SMILES string of the molecule is Nc1cc(C(F)(F)F)ccc1NCCN1CCCCC1. The molecule has 0 radical (unpaired) electrons. The predicted molar refractivity (Wildman–Crippen MR) is 74.6 cm³/mol. The van der Waals surface area contributed by atoms with Crippen LogP contribution in [0.15, 0.2) is 18.2 Å². The number of benzene rings is 1. The highest BCUT2D eigenvalue weighted by molar-refractivity contribution is 5.67. The molecule has 112 valence electrons. The first kappa shape index (κ1) is 15.0. The van der Waals surface area contributed by atoms with Crippen molar-refractivity contribution in [2.24, 2.45) is 0 Å². The van der Waals surface area contributed by atoms with E-state index in [-0.39, 0.29) is 5.69 Å².